The second-order valence-corrected chi connectivity index (χ2v) is 5.48. The van der Waals surface area contributed by atoms with Crippen LogP contribution in [0.5, 0.6) is 0 Å². The molecule has 1 aromatic carbocycles. The van der Waals surface area contributed by atoms with Crippen molar-refractivity contribution in [2.75, 3.05) is 17.2 Å². The highest BCUT2D eigenvalue weighted by atomic mass is 16.1. The number of anilines is 2. The summed E-state index contributed by atoms with van der Waals surface area (Å²) in [5.74, 6) is 0.515. The van der Waals surface area contributed by atoms with Crippen molar-refractivity contribution in [3.63, 3.8) is 0 Å². The number of aromatic amines is 1. The molecule has 0 aliphatic carbocycles. The lowest BCUT2D eigenvalue weighted by atomic mass is 10.2. The van der Waals surface area contributed by atoms with Gasteiger partial charge in [0.25, 0.3) is 0 Å². The second-order valence-electron chi connectivity index (χ2n) is 5.48. The van der Waals surface area contributed by atoms with Gasteiger partial charge in [0.1, 0.15) is 0 Å². The Labute approximate surface area is 134 Å². The van der Waals surface area contributed by atoms with Gasteiger partial charge in [-0.3, -0.25) is 4.79 Å². The molecule has 6 nitrogen and oxygen atoms in total. The summed E-state index contributed by atoms with van der Waals surface area (Å²) in [5.41, 5.74) is 3.66. The number of nitrogens with one attached hydrogen (secondary N) is 3. The van der Waals surface area contributed by atoms with Crippen LogP contribution in [0.25, 0.3) is 10.9 Å². The minimum atomic E-state index is -0.0447. The lowest BCUT2D eigenvalue weighted by molar-refractivity contribution is -0.115. The molecule has 0 atom stereocenters. The van der Waals surface area contributed by atoms with Crippen molar-refractivity contribution in [1.29, 1.82) is 0 Å². The average Bonchev–Trinajstić information content (AvgIpc) is 2.93. The van der Waals surface area contributed by atoms with Crippen LogP contribution in [0.15, 0.2) is 36.5 Å². The summed E-state index contributed by atoms with van der Waals surface area (Å²) >= 11 is 0. The summed E-state index contributed by atoms with van der Waals surface area (Å²) in [6.45, 7) is 4.33. The zero-order chi connectivity index (χ0) is 16.2. The third kappa shape index (κ3) is 3.85. The molecule has 2 heterocycles. The number of aryl methyl sites for hydroxylation is 2. The first-order valence-electron chi connectivity index (χ1n) is 7.53. The Hall–Kier alpha value is -2.89. The summed E-state index contributed by atoms with van der Waals surface area (Å²) in [5, 5.41) is 7.05. The molecule has 3 rings (SSSR count). The van der Waals surface area contributed by atoms with Gasteiger partial charge in [-0.25, -0.2) is 9.97 Å². The van der Waals surface area contributed by atoms with E-state index in [-0.39, 0.29) is 5.91 Å². The minimum Gasteiger partial charge on any atom is -0.361 e. The van der Waals surface area contributed by atoms with E-state index in [9.17, 15) is 4.79 Å². The molecule has 3 aromatic rings. The Morgan fingerprint density at radius 1 is 1.13 bits per heavy atom. The largest absolute Gasteiger partial charge is 0.361 e. The van der Waals surface area contributed by atoms with Crippen molar-refractivity contribution in [3.05, 3.63) is 47.9 Å². The SMILES string of the molecule is Cc1cc(C)nc(NCCC(=O)Nc2ccc3[nH]ccc3c2)n1. The maximum absolute atomic E-state index is 12.0. The Bertz CT molecular complexity index is 820. The maximum Gasteiger partial charge on any atom is 0.226 e. The van der Waals surface area contributed by atoms with Gasteiger partial charge in [0.05, 0.1) is 0 Å². The fourth-order valence-corrected chi connectivity index (χ4v) is 2.45. The van der Waals surface area contributed by atoms with Gasteiger partial charge < -0.3 is 15.6 Å². The van der Waals surface area contributed by atoms with Gasteiger partial charge in [0.15, 0.2) is 0 Å². The topological polar surface area (TPSA) is 82.7 Å². The van der Waals surface area contributed by atoms with Crippen molar-refractivity contribution in [2.45, 2.75) is 20.3 Å². The molecule has 0 unspecified atom stereocenters. The summed E-state index contributed by atoms with van der Waals surface area (Å²) in [6, 6.07) is 9.67. The molecule has 1 amide bonds. The Morgan fingerprint density at radius 2 is 1.91 bits per heavy atom. The number of fused-ring (bicyclic) bond motifs is 1. The quantitative estimate of drug-likeness (QED) is 0.676. The first-order valence-corrected chi connectivity index (χ1v) is 7.53. The number of carbonyl (C=O) groups is 1. The summed E-state index contributed by atoms with van der Waals surface area (Å²) in [4.78, 5) is 23.7. The third-order valence-electron chi connectivity index (χ3n) is 3.45. The van der Waals surface area contributed by atoms with Gasteiger partial charge in [-0.1, -0.05) is 0 Å². The number of hydrogen-bond acceptors (Lipinski definition) is 4. The van der Waals surface area contributed by atoms with E-state index >= 15 is 0 Å². The Morgan fingerprint density at radius 3 is 2.70 bits per heavy atom. The molecule has 0 aliphatic rings. The van der Waals surface area contributed by atoms with E-state index in [0.717, 1.165) is 28.0 Å². The summed E-state index contributed by atoms with van der Waals surface area (Å²) < 4.78 is 0. The summed E-state index contributed by atoms with van der Waals surface area (Å²) in [7, 11) is 0. The molecule has 0 aliphatic heterocycles. The number of amides is 1. The number of carbonyl (C=O) groups excluding carboxylic acids is 1. The van der Waals surface area contributed by atoms with Gasteiger partial charge in [0.2, 0.25) is 11.9 Å². The number of hydrogen-bond donors (Lipinski definition) is 3. The monoisotopic (exact) mass is 309 g/mol. The van der Waals surface area contributed by atoms with E-state index in [2.05, 4.69) is 25.6 Å². The number of rotatable bonds is 5. The molecule has 23 heavy (non-hydrogen) atoms. The lowest BCUT2D eigenvalue weighted by Crippen LogP contribution is -2.17. The van der Waals surface area contributed by atoms with Crippen LogP contribution >= 0.6 is 0 Å². The van der Waals surface area contributed by atoms with Crippen molar-refractivity contribution in [3.8, 4) is 0 Å². The number of benzene rings is 1. The summed E-state index contributed by atoms with van der Waals surface area (Å²) in [6.07, 6.45) is 2.23. The first kappa shape index (κ1) is 15.0. The van der Waals surface area contributed by atoms with Crippen molar-refractivity contribution >= 4 is 28.4 Å². The fraction of sp³-hybridized carbons (Fsp3) is 0.235. The smallest absolute Gasteiger partial charge is 0.226 e. The van der Waals surface area contributed by atoms with Gasteiger partial charge in [0, 0.05) is 47.1 Å². The van der Waals surface area contributed by atoms with Crippen LogP contribution in [0.2, 0.25) is 0 Å². The van der Waals surface area contributed by atoms with Gasteiger partial charge in [-0.05, 0) is 44.2 Å². The van der Waals surface area contributed by atoms with Gasteiger partial charge in [-0.2, -0.15) is 0 Å². The van der Waals surface area contributed by atoms with Crippen LogP contribution in [0.1, 0.15) is 17.8 Å². The van der Waals surface area contributed by atoms with Crippen LogP contribution < -0.4 is 10.6 Å². The van der Waals surface area contributed by atoms with Crippen molar-refractivity contribution in [1.82, 2.24) is 15.0 Å². The molecule has 0 fully saturated rings. The molecule has 0 spiro atoms. The van der Waals surface area contributed by atoms with E-state index in [4.69, 9.17) is 0 Å². The number of nitrogens with zero attached hydrogens (tertiary/aromatic N) is 2. The van der Waals surface area contributed by atoms with Crippen LogP contribution in [0.4, 0.5) is 11.6 Å². The molecular weight excluding hydrogens is 290 g/mol. The normalized spacial score (nSPS) is 10.7. The molecule has 3 N–H and O–H groups in total. The molecule has 0 saturated heterocycles. The Kier molecular flexibility index (Phi) is 4.23. The molecular formula is C17H19N5O. The lowest BCUT2D eigenvalue weighted by Gasteiger charge is -2.08. The zero-order valence-electron chi connectivity index (χ0n) is 13.2. The van der Waals surface area contributed by atoms with Crippen LogP contribution in [-0.4, -0.2) is 27.4 Å². The third-order valence-corrected chi connectivity index (χ3v) is 3.45. The van der Waals surface area contributed by atoms with E-state index in [1.807, 2.05) is 50.4 Å². The van der Waals surface area contributed by atoms with E-state index in [0.29, 0.717) is 18.9 Å². The molecule has 2 aromatic heterocycles. The first-order chi connectivity index (χ1) is 11.1. The van der Waals surface area contributed by atoms with Crippen molar-refractivity contribution in [2.24, 2.45) is 0 Å². The highest BCUT2D eigenvalue weighted by molar-refractivity contribution is 5.93. The van der Waals surface area contributed by atoms with Gasteiger partial charge >= 0.3 is 0 Å². The zero-order valence-corrected chi connectivity index (χ0v) is 13.2. The number of H-pyrrole nitrogens is 1. The molecule has 0 saturated carbocycles. The fourth-order valence-electron chi connectivity index (χ4n) is 2.45. The molecule has 6 heteroatoms. The minimum absolute atomic E-state index is 0.0447. The molecule has 0 bridgehead atoms. The Balaban J connectivity index is 1.53. The highest BCUT2D eigenvalue weighted by Gasteiger charge is 2.05. The van der Waals surface area contributed by atoms with E-state index < -0.39 is 0 Å². The highest BCUT2D eigenvalue weighted by Crippen LogP contribution is 2.17. The van der Waals surface area contributed by atoms with Crippen LogP contribution in [0, 0.1) is 13.8 Å². The predicted octanol–water partition coefficient (Wildman–Crippen LogP) is 3.02. The van der Waals surface area contributed by atoms with Crippen LogP contribution in [-0.2, 0) is 4.79 Å². The van der Waals surface area contributed by atoms with Gasteiger partial charge in [-0.15, -0.1) is 0 Å². The van der Waals surface area contributed by atoms with Crippen molar-refractivity contribution < 1.29 is 4.79 Å². The van der Waals surface area contributed by atoms with E-state index in [1.54, 1.807) is 0 Å². The average molecular weight is 309 g/mol. The van der Waals surface area contributed by atoms with E-state index in [1.165, 1.54) is 0 Å². The molecule has 0 radical (unpaired) electrons. The standard InChI is InChI=1S/C17H19N5O/c1-11-9-12(2)21-17(20-11)19-8-6-16(23)22-14-3-4-15-13(10-14)5-7-18-15/h3-5,7,9-10,18H,6,8H2,1-2H3,(H,22,23)(H,19,20,21). The number of aromatic nitrogens is 3. The molecule has 118 valence electrons. The maximum atomic E-state index is 12.0. The van der Waals surface area contributed by atoms with Crippen LogP contribution in [0.3, 0.4) is 0 Å². The second kappa shape index (κ2) is 6.48. The predicted molar refractivity (Wildman–Crippen MR) is 91.5 cm³/mol.